The Bertz CT molecular complexity index is 517. The van der Waals surface area contributed by atoms with Crippen molar-refractivity contribution in [1.29, 1.82) is 5.26 Å². The van der Waals surface area contributed by atoms with Crippen LogP contribution in [0.15, 0.2) is 24.3 Å². The number of benzene rings is 1. The molecule has 2 aliphatic rings. The predicted molar refractivity (Wildman–Crippen MR) is 81.5 cm³/mol. The molecule has 1 aliphatic carbocycles. The third kappa shape index (κ3) is 3.03. The molecule has 0 spiro atoms. The third-order valence-electron chi connectivity index (χ3n) is 4.87. The second kappa shape index (κ2) is 6.44. The van der Waals surface area contributed by atoms with Crippen molar-refractivity contribution in [3.8, 4) is 6.07 Å². The lowest BCUT2D eigenvalue weighted by molar-refractivity contribution is 0.120. The SMILES string of the molecule is N#CC1CCCCC1N1CCN(c2ccccc2F)CC1. The smallest absolute Gasteiger partial charge is 0.146 e. The van der Waals surface area contributed by atoms with Gasteiger partial charge in [-0.2, -0.15) is 5.26 Å². The number of rotatable bonds is 2. The summed E-state index contributed by atoms with van der Waals surface area (Å²) in [6.07, 6.45) is 4.59. The molecule has 3 rings (SSSR count). The Kier molecular flexibility index (Phi) is 4.40. The summed E-state index contributed by atoms with van der Waals surface area (Å²) in [6.45, 7) is 3.54. The third-order valence-corrected chi connectivity index (χ3v) is 4.87. The van der Waals surface area contributed by atoms with Gasteiger partial charge in [-0.1, -0.05) is 25.0 Å². The van der Waals surface area contributed by atoms with Crippen molar-refractivity contribution in [3.63, 3.8) is 0 Å². The van der Waals surface area contributed by atoms with Crippen LogP contribution >= 0.6 is 0 Å². The van der Waals surface area contributed by atoms with Crippen LogP contribution in [0.3, 0.4) is 0 Å². The first-order chi connectivity index (χ1) is 10.3. The zero-order chi connectivity index (χ0) is 14.7. The van der Waals surface area contributed by atoms with Crippen molar-refractivity contribution >= 4 is 5.69 Å². The summed E-state index contributed by atoms with van der Waals surface area (Å²) in [4.78, 5) is 4.57. The lowest BCUT2D eigenvalue weighted by Gasteiger charge is -2.43. The fourth-order valence-electron chi connectivity index (χ4n) is 3.70. The van der Waals surface area contributed by atoms with Gasteiger partial charge in [0.25, 0.3) is 0 Å². The topological polar surface area (TPSA) is 30.3 Å². The number of nitriles is 1. The maximum absolute atomic E-state index is 13.8. The van der Waals surface area contributed by atoms with Crippen molar-refractivity contribution in [3.05, 3.63) is 30.1 Å². The summed E-state index contributed by atoms with van der Waals surface area (Å²) in [5.74, 6) is 0.0391. The molecule has 2 atom stereocenters. The number of piperazine rings is 1. The molecule has 0 N–H and O–H groups in total. The lowest BCUT2D eigenvalue weighted by Crippen LogP contribution is -2.53. The minimum absolute atomic E-state index is 0.140. The zero-order valence-corrected chi connectivity index (χ0v) is 12.3. The van der Waals surface area contributed by atoms with E-state index in [4.69, 9.17) is 0 Å². The highest BCUT2D eigenvalue weighted by Gasteiger charge is 2.32. The Hall–Kier alpha value is -1.60. The van der Waals surface area contributed by atoms with Gasteiger partial charge in [0, 0.05) is 32.2 Å². The minimum atomic E-state index is -0.140. The van der Waals surface area contributed by atoms with E-state index in [-0.39, 0.29) is 11.7 Å². The lowest BCUT2D eigenvalue weighted by atomic mass is 9.84. The maximum atomic E-state index is 13.8. The Morgan fingerprint density at radius 1 is 1.05 bits per heavy atom. The van der Waals surface area contributed by atoms with E-state index in [1.165, 1.54) is 18.9 Å². The first kappa shape index (κ1) is 14.3. The zero-order valence-electron chi connectivity index (χ0n) is 12.3. The molecule has 1 saturated heterocycles. The van der Waals surface area contributed by atoms with Gasteiger partial charge in [-0.05, 0) is 25.0 Å². The summed E-state index contributed by atoms with van der Waals surface area (Å²) in [5.41, 5.74) is 0.706. The van der Waals surface area contributed by atoms with Crippen LogP contribution in [-0.4, -0.2) is 37.1 Å². The van der Waals surface area contributed by atoms with E-state index < -0.39 is 0 Å². The molecule has 0 radical (unpaired) electrons. The van der Waals surface area contributed by atoms with Crippen LogP contribution in [0.1, 0.15) is 25.7 Å². The molecular formula is C17H22FN3. The standard InChI is InChI=1S/C17H22FN3/c18-15-6-2-4-8-17(15)21-11-9-20(10-12-21)16-7-3-1-5-14(16)13-19/h2,4,6,8,14,16H,1,3,5,7,9-12H2. The number of halogens is 1. The first-order valence-electron chi connectivity index (χ1n) is 7.93. The summed E-state index contributed by atoms with van der Waals surface area (Å²) in [6, 6.07) is 9.89. The van der Waals surface area contributed by atoms with Gasteiger partial charge < -0.3 is 4.90 Å². The van der Waals surface area contributed by atoms with Crippen LogP contribution in [0.2, 0.25) is 0 Å². The van der Waals surface area contributed by atoms with Gasteiger partial charge in [-0.3, -0.25) is 4.90 Å². The normalized spacial score (nSPS) is 27.3. The van der Waals surface area contributed by atoms with Gasteiger partial charge in [0.15, 0.2) is 0 Å². The van der Waals surface area contributed by atoms with Gasteiger partial charge in [0.05, 0.1) is 17.7 Å². The fourth-order valence-corrected chi connectivity index (χ4v) is 3.70. The van der Waals surface area contributed by atoms with E-state index >= 15 is 0 Å². The molecule has 2 fully saturated rings. The molecule has 0 bridgehead atoms. The van der Waals surface area contributed by atoms with Crippen molar-refractivity contribution in [2.24, 2.45) is 5.92 Å². The monoisotopic (exact) mass is 287 g/mol. The van der Waals surface area contributed by atoms with Crippen LogP contribution < -0.4 is 4.90 Å². The van der Waals surface area contributed by atoms with E-state index in [9.17, 15) is 9.65 Å². The van der Waals surface area contributed by atoms with Gasteiger partial charge in [0.1, 0.15) is 5.82 Å². The van der Waals surface area contributed by atoms with Crippen LogP contribution in [0, 0.1) is 23.1 Å². The molecule has 21 heavy (non-hydrogen) atoms. The number of para-hydroxylation sites is 1. The Labute approximate surface area is 126 Å². The van der Waals surface area contributed by atoms with Crippen LogP contribution in [0.5, 0.6) is 0 Å². The molecule has 1 heterocycles. The molecule has 3 nitrogen and oxygen atoms in total. The second-order valence-electron chi connectivity index (χ2n) is 6.06. The molecule has 1 aromatic rings. The van der Waals surface area contributed by atoms with Crippen LogP contribution in [0.25, 0.3) is 0 Å². The average Bonchev–Trinajstić information content (AvgIpc) is 2.55. The Morgan fingerprint density at radius 3 is 2.48 bits per heavy atom. The fraction of sp³-hybridized carbons (Fsp3) is 0.588. The van der Waals surface area contributed by atoms with E-state index in [1.54, 1.807) is 6.07 Å². The highest BCUT2D eigenvalue weighted by molar-refractivity contribution is 5.48. The summed E-state index contributed by atoms with van der Waals surface area (Å²) < 4.78 is 13.8. The highest BCUT2D eigenvalue weighted by Crippen LogP contribution is 2.29. The maximum Gasteiger partial charge on any atom is 0.146 e. The van der Waals surface area contributed by atoms with Crippen LogP contribution in [0.4, 0.5) is 10.1 Å². The van der Waals surface area contributed by atoms with Gasteiger partial charge in [-0.25, -0.2) is 4.39 Å². The molecule has 4 heteroatoms. The summed E-state index contributed by atoms with van der Waals surface area (Å²) >= 11 is 0. The molecule has 2 unspecified atom stereocenters. The summed E-state index contributed by atoms with van der Waals surface area (Å²) in [7, 11) is 0. The van der Waals surface area contributed by atoms with E-state index in [0.29, 0.717) is 11.7 Å². The second-order valence-corrected chi connectivity index (χ2v) is 6.06. The molecule has 0 amide bonds. The molecule has 112 valence electrons. The Morgan fingerprint density at radius 2 is 1.76 bits per heavy atom. The highest BCUT2D eigenvalue weighted by atomic mass is 19.1. The largest absolute Gasteiger partial charge is 0.367 e. The van der Waals surface area contributed by atoms with Crippen LogP contribution in [-0.2, 0) is 0 Å². The number of anilines is 1. The van der Waals surface area contributed by atoms with Crippen molar-refractivity contribution in [1.82, 2.24) is 4.90 Å². The molecule has 0 aromatic heterocycles. The molecule has 1 aliphatic heterocycles. The number of nitrogens with zero attached hydrogens (tertiary/aromatic N) is 3. The summed E-state index contributed by atoms with van der Waals surface area (Å²) in [5, 5.41) is 9.32. The minimum Gasteiger partial charge on any atom is -0.367 e. The van der Waals surface area contributed by atoms with Gasteiger partial charge in [-0.15, -0.1) is 0 Å². The van der Waals surface area contributed by atoms with Gasteiger partial charge >= 0.3 is 0 Å². The number of hydrogen-bond donors (Lipinski definition) is 0. The van der Waals surface area contributed by atoms with Crippen molar-refractivity contribution in [2.45, 2.75) is 31.7 Å². The Balaban J connectivity index is 1.63. The van der Waals surface area contributed by atoms with E-state index in [1.807, 2.05) is 12.1 Å². The molecule has 1 saturated carbocycles. The first-order valence-corrected chi connectivity index (χ1v) is 7.93. The van der Waals surface area contributed by atoms with E-state index in [0.717, 1.165) is 39.0 Å². The van der Waals surface area contributed by atoms with E-state index in [2.05, 4.69) is 15.9 Å². The van der Waals surface area contributed by atoms with Gasteiger partial charge in [0.2, 0.25) is 0 Å². The quantitative estimate of drug-likeness (QED) is 0.837. The predicted octanol–water partition coefficient (Wildman–Crippen LogP) is 3.03. The molecule has 1 aromatic carbocycles. The molecular weight excluding hydrogens is 265 g/mol. The number of hydrogen-bond acceptors (Lipinski definition) is 3. The van der Waals surface area contributed by atoms with Crippen molar-refractivity contribution in [2.75, 3.05) is 31.1 Å². The van der Waals surface area contributed by atoms with Crippen molar-refractivity contribution < 1.29 is 4.39 Å². The average molecular weight is 287 g/mol.